The molecule has 1 aromatic rings. The minimum Gasteiger partial charge on any atom is -0.489 e. The second kappa shape index (κ2) is 7.08. The Morgan fingerprint density at radius 2 is 1.92 bits per heavy atom. The molecule has 3 rings (SSSR count). The van der Waals surface area contributed by atoms with Gasteiger partial charge in [-0.15, -0.1) is 13.2 Å². The van der Waals surface area contributed by atoms with E-state index in [0.29, 0.717) is 30.4 Å². The Morgan fingerprint density at radius 1 is 1.17 bits per heavy atom. The number of rotatable bonds is 7. The zero-order chi connectivity index (χ0) is 17.2. The Kier molecular flexibility index (Phi) is 5.07. The third-order valence-corrected chi connectivity index (χ3v) is 4.77. The van der Waals surface area contributed by atoms with Gasteiger partial charge in [-0.1, -0.05) is 24.6 Å². The van der Waals surface area contributed by atoms with Crippen LogP contribution in [-0.4, -0.2) is 13.0 Å². The van der Waals surface area contributed by atoms with Crippen molar-refractivity contribution in [2.24, 2.45) is 11.8 Å². The molecule has 0 N–H and O–H groups in total. The minimum absolute atomic E-state index is 0.187. The number of benzene rings is 1. The summed E-state index contributed by atoms with van der Waals surface area (Å²) >= 11 is 0. The van der Waals surface area contributed by atoms with E-state index in [4.69, 9.17) is 4.74 Å². The molecule has 0 amide bonds. The maximum Gasteiger partial charge on any atom is 0.573 e. The van der Waals surface area contributed by atoms with E-state index in [-0.39, 0.29) is 11.5 Å². The Morgan fingerprint density at radius 3 is 2.50 bits per heavy atom. The monoisotopic (exact) mass is 340 g/mol. The van der Waals surface area contributed by atoms with Crippen LogP contribution in [0.3, 0.4) is 0 Å². The van der Waals surface area contributed by atoms with E-state index in [1.54, 1.807) is 13.0 Å². The van der Waals surface area contributed by atoms with Crippen molar-refractivity contribution in [3.05, 3.63) is 35.4 Å². The SMILES string of the molecule is Cc1c(C/C=C/C2CC2)ccc(OCC2CCC2)c1OC(F)(F)F. The summed E-state index contributed by atoms with van der Waals surface area (Å²) in [5, 5.41) is 0. The van der Waals surface area contributed by atoms with Gasteiger partial charge in [-0.2, -0.15) is 0 Å². The number of hydrogen-bond donors (Lipinski definition) is 0. The van der Waals surface area contributed by atoms with Crippen molar-refractivity contribution in [1.82, 2.24) is 0 Å². The van der Waals surface area contributed by atoms with Crippen LogP contribution in [0, 0.1) is 18.8 Å². The minimum atomic E-state index is -4.72. The highest BCUT2D eigenvalue weighted by Gasteiger charge is 2.34. The molecular weight excluding hydrogens is 317 g/mol. The van der Waals surface area contributed by atoms with Gasteiger partial charge in [0.05, 0.1) is 6.61 Å². The van der Waals surface area contributed by atoms with E-state index < -0.39 is 6.36 Å². The molecule has 5 heteroatoms. The maximum absolute atomic E-state index is 12.8. The van der Waals surface area contributed by atoms with Gasteiger partial charge in [-0.25, -0.2) is 0 Å². The molecular formula is C19H23F3O2. The summed E-state index contributed by atoms with van der Waals surface area (Å²) in [6.45, 7) is 2.12. The summed E-state index contributed by atoms with van der Waals surface area (Å²) < 4.78 is 48.3. The van der Waals surface area contributed by atoms with Gasteiger partial charge in [-0.05, 0) is 68.1 Å². The lowest BCUT2D eigenvalue weighted by Crippen LogP contribution is -2.21. The van der Waals surface area contributed by atoms with E-state index in [0.717, 1.165) is 18.4 Å². The van der Waals surface area contributed by atoms with E-state index in [1.807, 2.05) is 12.1 Å². The molecule has 0 heterocycles. The van der Waals surface area contributed by atoms with Gasteiger partial charge in [0.2, 0.25) is 0 Å². The predicted octanol–water partition coefficient (Wildman–Crippen LogP) is 5.58. The number of alkyl halides is 3. The Hall–Kier alpha value is -1.65. The zero-order valence-electron chi connectivity index (χ0n) is 13.9. The highest BCUT2D eigenvalue weighted by molar-refractivity contribution is 5.50. The Balaban J connectivity index is 1.76. The maximum atomic E-state index is 12.8. The van der Waals surface area contributed by atoms with Crippen molar-refractivity contribution in [3.8, 4) is 11.5 Å². The summed E-state index contributed by atoms with van der Waals surface area (Å²) in [7, 11) is 0. The van der Waals surface area contributed by atoms with E-state index in [9.17, 15) is 13.2 Å². The molecule has 0 aromatic heterocycles. The molecule has 132 valence electrons. The fourth-order valence-corrected chi connectivity index (χ4v) is 2.83. The predicted molar refractivity (Wildman–Crippen MR) is 86.3 cm³/mol. The first kappa shape index (κ1) is 17.2. The zero-order valence-corrected chi connectivity index (χ0v) is 13.9. The Bertz CT molecular complexity index is 599. The van der Waals surface area contributed by atoms with Crippen LogP contribution in [-0.2, 0) is 6.42 Å². The number of hydrogen-bond acceptors (Lipinski definition) is 2. The van der Waals surface area contributed by atoms with Crippen LogP contribution < -0.4 is 9.47 Å². The van der Waals surface area contributed by atoms with E-state index in [1.165, 1.54) is 19.3 Å². The standard InChI is InChI=1S/C19H23F3O2/c1-13-16(7-3-4-14-8-9-14)10-11-17(18(13)24-19(20,21)22)23-12-15-5-2-6-15/h3-4,10-11,14-15H,2,5-9,12H2,1H3/b4-3+. The molecule has 0 atom stereocenters. The summed E-state index contributed by atoms with van der Waals surface area (Å²) in [6.07, 6.45) is 5.83. The highest BCUT2D eigenvalue weighted by atomic mass is 19.4. The van der Waals surface area contributed by atoms with Crippen LogP contribution in [0.1, 0.15) is 43.2 Å². The second-order valence-electron chi connectivity index (χ2n) is 6.80. The van der Waals surface area contributed by atoms with Crippen LogP contribution in [0.15, 0.2) is 24.3 Å². The molecule has 0 aliphatic heterocycles. The van der Waals surface area contributed by atoms with Crippen molar-refractivity contribution in [2.45, 2.75) is 51.8 Å². The van der Waals surface area contributed by atoms with Crippen molar-refractivity contribution >= 4 is 0 Å². The van der Waals surface area contributed by atoms with Gasteiger partial charge in [-0.3, -0.25) is 0 Å². The molecule has 2 aliphatic rings. The van der Waals surface area contributed by atoms with Gasteiger partial charge in [0.15, 0.2) is 11.5 Å². The number of ether oxygens (including phenoxy) is 2. The smallest absolute Gasteiger partial charge is 0.489 e. The first-order chi connectivity index (χ1) is 11.4. The first-order valence-corrected chi connectivity index (χ1v) is 8.60. The van der Waals surface area contributed by atoms with Crippen LogP contribution in [0.25, 0.3) is 0 Å². The molecule has 1 aromatic carbocycles. The average Bonchev–Trinajstić information content (AvgIpc) is 3.26. The van der Waals surface area contributed by atoms with Crippen LogP contribution >= 0.6 is 0 Å². The van der Waals surface area contributed by atoms with Gasteiger partial charge >= 0.3 is 6.36 Å². The fraction of sp³-hybridized carbons (Fsp3) is 0.579. The summed E-state index contributed by atoms with van der Waals surface area (Å²) in [6, 6.07) is 3.44. The van der Waals surface area contributed by atoms with Gasteiger partial charge in [0.1, 0.15) is 0 Å². The van der Waals surface area contributed by atoms with Gasteiger partial charge in [0, 0.05) is 0 Å². The normalized spacial score (nSPS) is 18.7. The average molecular weight is 340 g/mol. The lowest BCUT2D eigenvalue weighted by atomic mass is 9.86. The number of allylic oxidation sites excluding steroid dienone is 2. The van der Waals surface area contributed by atoms with Crippen LogP contribution in [0.2, 0.25) is 0 Å². The van der Waals surface area contributed by atoms with Crippen molar-refractivity contribution < 1.29 is 22.6 Å². The topological polar surface area (TPSA) is 18.5 Å². The molecule has 2 aliphatic carbocycles. The lowest BCUT2D eigenvalue weighted by molar-refractivity contribution is -0.275. The third kappa shape index (κ3) is 4.68. The largest absolute Gasteiger partial charge is 0.573 e. The highest BCUT2D eigenvalue weighted by Crippen LogP contribution is 2.39. The summed E-state index contributed by atoms with van der Waals surface area (Å²) in [5.74, 6) is 1.09. The van der Waals surface area contributed by atoms with Crippen molar-refractivity contribution in [3.63, 3.8) is 0 Å². The molecule has 2 saturated carbocycles. The molecule has 0 unspecified atom stereocenters. The first-order valence-electron chi connectivity index (χ1n) is 8.60. The Labute approximate surface area is 140 Å². The molecule has 24 heavy (non-hydrogen) atoms. The quantitative estimate of drug-likeness (QED) is 0.603. The van der Waals surface area contributed by atoms with Crippen LogP contribution in [0.5, 0.6) is 11.5 Å². The van der Waals surface area contributed by atoms with Crippen molar-refractivity contribution in [1.29, 1.82) is 0 Å². The molecule has 0 saturated heterocycles. The molecule has 0 spiro atoms. The van der Waals surface area contributed by atoms with E-state index >= 15 is 0 Å². The van der Waals surface area contributed by atoms with E-state index in [2.05, 4.69) is 10.8 Å². The van der Waals surface area contributed by atoms with Crippen molar-refractivity contribution in [2.75, 3.05) is 6.61 Å². The van der Waals surface area contributed by atoms with Crippen LogP contribution in [0.4, 0.5) is 13.2 Å². The molecule has 0 radical (unpaired) electrons. The molecule has 0 bridgehead atoms. The van der Waals surface area contributed by atoms with Gasteiger partial charge < -0.3 is 9.47 Å². The van der Waals surface area contributed by atoms with Gasteiger partial charge in [0.25, 0.3) is 0 Å². The molecule has 2 nitrogen and oxygen atoms in total. The third-order valence-electron chi connectivity index (χ3n) is 4.77. The fourth-order valence-electron chi connectivity index (χ4n) is 2.83. The number of halogens is 3. The summed E-state index contributed by atoms with van der Waals surface area (Å²) in [5.41, 5.74) is 1.33. The lowest BCUT2D eigenvalue weighted by Gasteiger charge is -2.26. The molecule has 2 fully saturated rings. The second-order valence-corrected chi connectivity index (χ2v) is 6.80. The summed E-state index contributed by atoms with van der Waals surface area (Å²) in [4.78, 5) is 0.